The molecule has 0 N–H and O–H groups in total. The number of nitrogens with zero attached hydrogens (tertiary/aromatic N) is 1. The molecule has 0 atom stereocenters. The minimum atomic E-state index is -0.0418. The highest BCUT2D eigenvalue weighted by Gasteiger charge is 2.33. The topological polar surface area (TPSA) is 20.3 Å². The highest BCUT2D eigenvalue weighted by molar-refractivity contribution is 8.27. The van der Waals surface area contributed by atoms with Crippen molar-refractivity contribution in [2.24, 2.45) is 0 Å². The van der Waals surface area contributed by atoms with Gasteiger partial charge in [0.25, 0.3) is 5.91 Å². The highest BCUT2D eigenvalue weighted by Crippen LogP contribution is 2.36. The predicted octanol–water partition coefficient (Wildman–Crippen LogP) is 4.77. The fraction of sp³-hybridized carbons (Fsp3) is 0.125. The zero-order chi connectivity index (χ0) is 15.0. The van der Waals surface area contributed by atoms with E-state index in [0.29, 0.717) is 9.23 Å². The Bertz CT molecular complexity index is 743. The Labute approximate surface area is 137 Å². The minimum absolute atomic E-state index is 0.0418. The third-order valence-electron chi connectivity index (χ3n) is 3.12. The van der Waals surface area contributed by atoms with E-state index >= 15 is 0 Å². The van der Waals surface area contributed by atoms with Crippen LogP contribution >= 0.6 is 35.3 Å². The van der Waals surface area contributed by atoms with Crippen LogP contribution in [0.2, 0.25) is 0 Å². The van der Waals surface area contributed by atoms with Crippen molar-refractivity contribution >= 4 is 57.3 Å². The number of aryl methyl sites for hydroxylation is 2. The molecule has 0 saturated carbocycles. The summed E-state index contributed by atoms with van der Waals surface area (Å²) < 4.78 is 0.586. The number of amides is 1. The van der Waals surface area contributed by atoms with Gasteiger partial charge in [-0.25, -0.2) is 0 Å². The maximum Gasteiger partial charge on any atom is 0.270 e. The number of hydrogen-bond acceptors (Lipinski definition) is 4. The van der Waals surface area contributed by atoms with Crippen LogP contribution in [0.25, 0.3) is 6.08 Å². The lowest BCUT2D eigenvalue weighted by Crippen LogP contribution is -2.27. The van der Waals surface area contributed by atoms with Gasteiger partial charge in [0.15, 0.2) is 4.32 Å². The van der Waals surface area contributed by atoms with E-state index in [-0.39, 0.29) is 5.91 Å². The van der Waals surface area contributed by atoms with Crippen LogP contribution in [-0.4, -0.2) is 10.2 Å². The Kier molecular flexibility index (Phi) is 3.97. The molecule has 106 valence electrons. The van der Waals surface area contributed by atoms with E-state index in [4.69, 9.17) is 12.2 Å². The van der Waals surface area contributed by atoms with Crippen molar-refractivity contribution in [3.05, 3.63) is 56.6 Å². The summed E-state index contributed by atoms with van der Waals surface area (Å²) in [4.78, 5) is 17.2. The summed E-state index contributed by atoms with van der Waals surface area (Å²) in [6, 6.07) is 11.9. The van der Waals surface area contributed by atoms with Gasteiger partial charge in [0.1, 0.15) is 0 Å². The summed E-state index contributed by atoms with van der Waals surface area (Å²) in [5, 5.41) is 0. The van der Waals surface area contributed by atoms with E-state index in [2.05, 4.69) is 13.0 Å². The molecule has 1 aliphatic rings. The SMILES string of the molecule is Cc1ccc(N2C(=O)/C(=C/c3ccc(C)s3)SC2=S)cc1. The first-order chi connectivity index (χ1) is 10.0. The Hall–Kier alpha value is -1.43. The third kappa shape index (κ3) is 2.95. The van der Waals surface area contributed by atoms with E-state index in [0.717, 1.165) is 16.1 Å². The molecule has 1 fully saturated rings. The van der Waals surface area contributed by atoms with Crippen LogP contribution < -0.4 is 4.90 Å². The molecule has 21 heavy (non-hydrogen) atoms. The fourth-order valence-electron chi connectivity index (χ4n) is 2.04. The van der Waals surface area contributed by atoms with Gasteiger partial charge in [-0.1, -0.05) is 41.7 Å². The van der Waals surface area contributed by atoms with Crippen molar-refractivity contribution in [3.63, 3.8) is 0 Å². The van der Waals surface area contributed by atoms with Crippen molar-refractivity contribution < 1.29 is 4.79 Å². The largest absolute Gasteiger partial charge is 0.270 e. The second-order valence-corrected chi connectivity index (χ2v) is 7.80. The molecule has 0 unspecified atom stereocenters. The standard InChI is InChI=1S/C16H13NOS3/c1-10-3-6-12(7-4-10)17-15(18)14(21-16(17)19)9-13-8-5-11(2)20-13/h3-9H,1-2H3/b14-9-. The van der Waals surface area contributed by atoms with Gasteiger partial charge in [-0.05, 0) is 44.2 Å². The second kappa shape index (κ2) is 5.75. The number of thiophene rings is 1. The van der Waals surface area contributed by atoms with Crippen LogP contribution in [-0.2, 0) is 4.79 Å². The van der Waals surface area contributed by atoms with Gasteiger partial charge in [0.05, 0.1) is 10.6 Å². The number of hydrogen-bond donors (Lipinski definition) is 0. The quantitative estimate of drug-likeness (QED) is 0.584. The molecule has 1 saturated heterocycles. The van der Waals surface area contributed by atoms with Crippen molar-refractivity contribution in [1.29, 1.82) is 0 Å². The van der Waals surface area contributed by atoms with Crippen LogP contribution in [0.15, 0.2) is 41.3 Å². The first-order valence-electron chi connectivity index (χ1n) is 6.45. The normalized spacial score (nSPS) is 17.0. The zero-order valence-corrected chi connectivity index (χ0v) is 14.1. The van der Waals surface area contributed by atoms with E-state index in [1.165, 1.54) is 16.6 Å². The molecule has 1 aliphatic heterocycles. The Balaban J connectivity index is 1.92. The van der Waals surface area contributed by atoms with Gasteiger partial charge in [-0.2, -0.15) is 0 Å². The number of thiocarbonyl (C=S) groups is 1. The monoisotopic (exact) mass is 331 g/mol. The van der Waals surface area contributed by atoms with Gasteiger partial charge < -0.3 is 0 Å². The van der Waals surface area contributed by atoms with Gasteiger partial charge in [-0.3, -0.25) is 9.69 Å². The van der Waals surface area contributed by atoms with Crippen LogP contribution in [0.1, 0.15) is 15.3 Å². The molecule has 1 aromatic heterocycles. The van der Waals surface area contributed by atoms with Crippen molar-refractivity contribution in [3.8, 4) is 0 Å². The molecule has 2 aromatic rings. The smallest absolute Gasteiger partial charge is 0.268 e. The highest BCUT2D eigenvalue weighted by atomic mass is 32.2. The number of carbonyl (C=O) groups is 1. The van der Waals surface area contributed by atoms with Crippen LogP contribution in [0.4, 0.5) is 5.69 Å². The van der Waals surface area contributed by atoms with Gasteiger partial charge in [0, 0.05) is 9.75 Å². The lowest BCUT2D eigenvalue weighted by Gasteiger charge is -2.14. The summed E-state index contributed by atoms with van der Waals surface area (Å²) in [5.41, 5.74) is 1.99. The average molecular weight is 331 g/mol. The number of anilines is 1. The Morgan fingerprint density at radius 1 is 1.10 bits per heavy atom. The number of carbonyl (C=O) groups excluding carboxylic acids is 1. The molecular weight excluding hydrogens is 318 g/mol. The zero-order valence-electron chi connectivity index (χ0n) is 11.6. The molecule has 1 aromatic carbocycles. The minimum Gasteiger partial charge on any atom is -0.268 e. The van der Waals surface area contributed by atoms with E-state index in [9.17, 15) is 4.79 Å². The van der Waals surface area contributed by atoms with Crippen LogP contribution in [0.5, 0.6) is 0 Å². The molecule has 0 radical (unpaired) electrons. The Morgan fingerprint density at radius 2 is 1.81 bits per heavy atom. The van der Waals surface area contributed by atoms with Crippen molar-refractivity contribution in [2.75, 3.05) is 4.90 Å². The molecule has 5 heteroatoms. The second-order valence-electron chi connectivity index (χ2n) is 4.80. The molecular formula is C16H13NOS3. The van der Waals surface area contributed by atoms with E-state index in [1.807, 2.05) is 43.3 Å². The lowest BCUT2D eigenvalue weighted by atomic mass is 10.2. The molecule has 0 aliphatic carbocycles. The lowest BCUT2D eigenvalue weighted by molar-refractivity contribution is -0.113. The number of thioether (sulfide) groups is 1. The summed E-state index contributed by atoms with van der Waals surface area (Å²) >= 11 is 8.40. The van der Waals surface area contributed by atoms with Gasteiger partial charge in [0.2, 0.25) is 0 Å². The maximum atomic E-state index is 12.6. The van der Waals surface area contributed by atoms with Gasteiger partial charge >= 0.3 is 0 Å². The molecule has 0 spiro atoms. The summed E-state index contributed by atoms with van der Waals surface area (Å²) in [6.07, 6.45) is 1.92. The number of benzene rings is 1. The summed E-state index contributed by atoms with van der Waals surface area (Å²) in [6.45, 7) is 4.08. The third-order valence-corrected chi connectivity index (χ3v) is 5.37. The fourth-order valence-corrected chi connectivity index (χ4v) is 4.23. The van der Waals surface area contributed by atoms with Crippen LogP contribution in [0, 0.1) is 13.8 Å². The van der Waals surface area contributed by atoms with E-state index in [1.54, 1.807) is 16.2 Å². The van der Waals surface area contributed by atoms with E-state index < -0.39 is 0 Å². The molecule has 1 amide bonds. The summed E-state index contributed by atoms with van der Waals surface area (Å²) in [5.74, 6) is -0.0418. The average Bonchev–Trinajstić information content (AvgIpc) is 2.96. The first-order valence-corrected chi connectivity index (χ1v) is 8.50. The maximum absolute atomic E-state index is 12.6. The molecule has 0 bridgehead atoms. The Morgan fingerprint density at radius 3 is 2.43 bits per heavy atom. The van der Waals surface area contributed by atoms with Gasteiger partial charge in [-0.15, -0.1) is 11.3 Å². The number of rotatable bonds is 2. The van der Waals surface area contributed by atoms with Crippen molar-refractivity contribution in [2.45, 2.75) is 13.8 Å². The van der Waals surface area contributed by atoms with Crippen LogP contribution in [0.3, 0.4) is 0 Å². The predicted molar refractivity (Wildman–Crippen MR) is 95.9 cm³/mol. The summed E-state index contributed by atoms with van der Waals surface area (Å²) in [7, 11) is 0. The molecule has 3 rings (SSSR count). The molecule has 2 heterocycles. The molecule has 2 nitrogen and oxygen atoms in total. The van der Waals surface area contributed by atoms with Crippen molar-refractivity contribution in [1.82, 2.24) is 0 Å². The first kappa shape index (κ1) is 14.5.